The Kier molecular flexibility index (Phi) is 6.93. The zero-order valence-electron chi connectivity index (χ0n) is 13.0. The first-order valence-electron chi connectivity index (χ1n) is 7.51. The van der Waals surface area contributed by atoms with E-state index in [1.165, 1.54) is 43.2 Å². The van der Waals surface area contributed by atoms with Gasteiger partial charge < -0.3 is 10.5 Å². The standard InChI is InChI=1S/C17H29NO/c1-5-6-7-8-9-10-16(18)15-12-11-13(2)14(3)17(15)19-4/h11-12,16H,5-10,18H2,1-4H3. The lowest BCUT2D eigenvalue weighted by Gasteiger charge is -2.18. The number of unbranched alkanes of at least 4 members (excludes halogenated alkanes) is 4. The van der Waals surface area contributed by atoms with Gasteiger partial charge in [0.2, 0.25) is 0 Å². The van der Waals surface area contributed by atoms with E-state index in [-0.39, 0.29) is 6.04 Å². The highest BCUT2D eigenvalue weighted by Crippen LogP contribution is 2.31. The molecule has 0 bridgehead atoms. The molecule has 0 heterocycles. The van der Waals surface area contributed by atoms with E-state index in [1.807, 2.05) is 0 Å². The summed E-state index contributed by atoms with van der Waals surface area (Å²) in [5.74, 6) is 0.973. The lowest BCUT2D eigenvalue weighted by Crippen LogP contribution is -2.12. The van der Waals surface area contributed by atoms with E-state index in [0.29, 0.717) is 0 Å². The zero-order chi connectivity index (χ0) is 14.3. The Hall–Kier alpha value is -1.02. The van der Waals surface area contributed by atoms with Crippen molar-refractivity contribution in [3.05, 3.63) is 28.8 Å². The Morgan fingerprint density at radius 1 is 1.11 bits per heavy atom. The first-order valence-corrected chi connectivity index (χ1v) is 7.51. The number of hydrogen-bond donors (Lipinski definition) is 1. The molecule has 1 atom stereocenters. The van der Waals surface area contributed by atoms with Crippen LogP contribution in [0.3, 0.4) is 0 Å². The van der Waals surface area contributed by atoms with Gasteiger partial charge in [-0.2, -0.15) is 0 Å². The Bertz CT molecular complexity index is 387. The van der Waals surface area contributed by atoms with Crippen molar-refractivity contribution in [1.82, 2.24) is 0 Å². The monoisotopic (exact) mass is 263 g/mol. The molecule has 1 rings (SSSR count). The fourth-order valence-corrected chi connectivity index (χ4v) is 2.50. The second-order valence-electron chi connectivity index (χ2n) is 5.44. The number of aryl methyl sites for hydroxylation is 1. The lowest BCUT2D eigenvalue weighted by molar-refractivity contribution is 0.399. The number of ether oxygens (including phenoxy) is 1. The number of methoxy groups -OCH3 is 1. The lowest BCUT2D eigenvalue weighted by atomic mass is 9.96. The Morgan fingerprint density at radius 3 is 2.42 bits per heavy atom. The third kappa shape index (κ3) is 4.54. The molecule has 0 aliphatic heterocycles. The van der Waals surface area contributed by atoms with Crippen LogP contribution >= 0.6 is 0 Å². The Balaban J connectivity index is 2.61. The maximum atomic E-state index is 6.33. The van der Waals surface area contributed by atoms with Gasteiger partial charge >= 0.3 is 0 Å². The van der Waals surface area contributed by atoms with Crippen LogP contribution in [0.1, 0.15) is 68.2 Å². The molecular weight excluding hydrogens is 234 g/mol. The van der Waals surface area contributed by atoms with E-state index in [1.54, 1.807) is 7.11 Å². The third-order valence-electron chi connectivity index (χ3n) is 3.93. The van der Waals surface area contributed by atoms with Crippen molar-refractivity contribution in [3.63, 3.8) is 0 Å². The van der Waals surface area contributed by atoms with Gasteiger partial charge in [-0.25, -0.2) is 0 Å². The molecule has 0 aliphatic rings. The van der Waals surface area contributed by atoms with Gasteiger partial charge in [-0.3, -0.25) is 0 Å². The number of benzene rings is 1. The number of rotatable bonds is 8. The quantitative estimate of drug-likeness (QED) is 0.692. The molecule has 1 aromatic carbocycles. The highest BCUT2D eigenvalue weighted by Gasteiger charge is 2.14. The first kappa shape index (κ1) is 16.0. The second kappa shape index (κ2) is 8.21. The van der Waals surface area contributed by atoms with E-state index < -0.39 is 0 Å². The summed E-state index contributed by atoms with van der Waals surface area (Å²) < 4.78 is 5.54. The molecule has 0 fully saturated rings. The van der Waals surface area contributed by atoms with Crippen LogP contribution in [-0.2, 0) is 0 Å². The van der Waals surface area contributed by atoms with Crippen molar-refractivity contribution >= 4 is 0 Å². The van der Waals surface area contributed by atoms with E-state index in [9.17, 15) is 0 Å². The fraction of sp³-hybridized carbons (Fsp3) is 0.647. The van der Waals surface area contributed by atoms with Crippen LogP contribution < -0.4 is 10.5 Å². The molecule has 2 nitrogen and oxygen atoms in total. The van der Waals surface area contributed by atoms with Crippen molar-refractivity contribution in [2.75, 3.05) is 7.11 Å². The molecule has 108 valence electrons. The maximum absolute atomic E-state index is 6.33. The summed E-state index contributed by atoms with van der Waals surface area (Å²) >= 11 is 0. The Morgan fingerprint density at radius 2 is 1.79 bits per heavy atom. The molecule has 1 aromatic rings. The van der Waals surface area contributed by atoms with Gasteiger partial charge in [-0.05, 0) is 31.4 Å². The zero-order valence-corrected chi connectivity index (χ0v) is 13.0. The van der Waals surface area contributed by atoms with E-state index in [0.717, 1.165) is 17.7 Å². The van der Waals surface area contributed by atoms with Crippen LogP contribution in [-0.4, -0.2) is 7.11 Å². The van der Waals surface area contributed by atoms with Gasteiger partial charge in [0.15, 0.2) is 0 Å². The fourth-order valence-electron chi connectivity index (χ4n) is 2.50. The van der Waals surface area contributed by atoms with E-state index >= 15 is 0 Å². The summed E-state index contributed by atoms with van der Waals surface area (Å²) in [6, 6.07) is 4.36. The topological polar surface area (TPSA) is 35.2 Å². The van der Waals surface area contributed by atoms with Gasteiger partial charge in [0, 0.05) is 11.6 Å². The SMILES string of the molecule is CCCCCCCC(N)c1ccc(C)c(C)c1OC. The molecule has 0 aliphatic carbocycles. The third-order valence-corrected chi connectivity index (χ3v) is 3.93. The number of nitrogens with two attached hydrogens (primary N) is 1. The first-order chi connectivity index (χ1) is 9.11. The summed E-state index contributed by atoms with van der Waals surface area (Å²) in [5.41, 5.74) is 9.95. The van der Waals surface area contributed by atoms with Crippen molar-refractivity contribution in [2.45, 2.75) is 65.3 Å². The summed E-state index contributed by atoms with van der Waals surface area (Å²) in [4.78, 5) is 0. The van der Waals surface area contributed by atoms with Crippen LogP contribution in [0.15, 0.2) is 12.1 Å². The van der Waals surface area contributed by atoms with Gasteiger partial charge in [-0.15, -0.1) is 0 Å². The smallest absolute Gasteiger partial charge is 0.126 e. The Labute approximate surface area is 118 Å². The molecule has 0 aromatic heterocycles. The number of hydrogen-bond acceptors (Lipinski definition) is 2. The summed E-state index contributed by atoms with van der Waals surface area (Å²) in [6.07, 6.45) is 7.49. The summed E-state index contributed by atoms with van der Waals surface area (Å²) in [5, 5.41) is 0. The molecule has 1 unspecified atom stereocenters. The second-order valence-corrected chi connectivity index (χ2v) is 5.44. The molecule has 0 radical (unpaired) electrons. The minimum atomic E-state index is 0.0934. The molecule has 0 amide bonds. The largest absolute Gasteiger partial charge is 0.496 e. The molecule has 0 spiro atoms. The van der Waals surface area contributed by atoms with Crippen LogP contribution in [0, 0.1) is 13.8 Å². The molecule has 19 heavy (non-hydrogen) atoms. The average molecular weight is 263 g/mol. The predicted molar refractivity (Wildman–Crippen MR) is 82.8 cm³/mol. The highest BCUT2D eigenvalue weighted by atomic mass is 16.5. The van der Waals surface area contributed by atoms with Crippen molar-refractivity contribution in [3.8, 4) is 5.75 Å². The van der Waals surface area contributed by atoms with Crippen molar-refractivity contribution < 1.29 is 4.74 Å². The predicted octanol–water partition coefficient (Wildman–Crippen LogP) is 4.67. The molecule has 0 saturated carbocycles. The minimum Gasteiger partial charge on any atom is -0.496 e. The van der Waals surface area contributed by atoms with E-state index in [2.05, 4.69) is 32.9 Å². The normalized spacial score (nSPS) is 12.5. The highest BCUT2D eigenvalue weighted by molar-refractivity contribution is 5.46. The molecule has 2 heteroatoms. The van der Waals surface area contributed by atoms with Crippen LogP contribution in [0.2, 0.25) is 0 Å². The molecular formula is C17H29NO. The van der Waals surface area contributed by atoms with Gasteiger partial charge in [0.05, 0.1) is 7.11 Å². The summed E-state index contributed by atoms with van der Waals surface area (Å²) in [6.45, 7) is 6.45. The van der Waals surface area contributed by atoms with E-state index in [4.69, 9.17) is 10.5 Å². The van der Waals surface area contributed by atoms with Crippen molar-refractivity contribution in [2.24, 2.45) is 5.73 Å². The molecule has 2 N–H and O–H groups in total. The van der Waals surface area contributed by atoms with Gasteiger partial charge in [-0.1, -0.05) is 51.2 Å². The minimum absolute atomic E-state index is 0.0934. The summed E-state index contributed by atoms with van der Waals surface area (Å²) in [7, 11) is 1.74. The van der Waals surface area contributed by atoms with Crippen LogP contribution in [0.25, 0.3) is 0 Å². The molecule has 0 saturated heterocycles. The van der Waals surface area contributed by atoms with Crippen LogP contribution in [0.4, 0.5) is 0 Å². The van der Waals surface area contributed by atoms with Crippen LogP contribution in [0.5, 0.6) is 5.75 Å². The van der Waals surface area contributed by atoms with Gasteiger partial charge in [0.25, 0.3) is 0 Å². The maximum Gasteiger partial charge on any atom is 0.126 e. The van der Waals surface area contributed by atoms with Gasteiger partial charge in [0.1, 0.15) is 5.75 Å². The average Bonchev–Trinajstić information content (AvgIpc) is 2.41. The van der Waals surface area contributed by atoms with Crippen molar-refractivity contribution in [1.29, 1.82) is 0 Å².